The summed E-state index contributed by atoms with van der Waals surface area (Å²) in [7, 11) is 1.79. The predicted molar refractivity (Wildman–Crippen MR) is 73.4 cm³/mol. The Kier molecular flexibility index (Phi) is 7.09. The molecule has 102 valence electrons. The molecular formula is C14H30N2O. The summed E-state index contributed by atoms with van der Waals surface area (Å²) in [6.07, 6.45) is 3.82. The van der Waals surface area contributed by atoms with Gasteiger partial charge in [0.25, 0.3) is 0 Å². The van der Waals surface area contributed by atoms with Crippen LogP contribution in [0.25, 0.3) is 0 Å². The number of nitrogens with one attached hydrogen (secondary N) is 1. The van der Waals surface area contributed by atoms with Crippen LogP contribution in [0.15, 0.2) is 0 Å². The van der Waals surface area contributed by atoms with Crippen LogP contribution in [0, 0.1) is 5.92 Å². The van der Waals surface area contributed by atoms with Gasteiger partial charge < -0.3 is 15.0 Å². The molecule has 0 aromatic carbocycles. The van der Waals surface area contributed by atoms with E-state index in [0.717, 1.165) is 18.9 Å². The lowest BCUT2D eigenvalue weighted by Crippen LogP contribution is -2.46. The number of rotatable bonds is 7. The number of methoxy groups -OCH3 is 1. The summed E-state index contributed by atoms with van der Waals surface area (Å²) in [6.45, 7) is 11.4. The fourth-order valence-electron chi connectivity index (χ4n) is 2.76. The highest BCUT2D eigenvalue weighted by molar-refractivity contribution is 4.81. The van der Waals surface area contributed by atoms with E-state index in [1.165, 1.54) is 32.5 Å². The molecule has 1 N–H and O–H groups in total. The van der Waals surface area contributed by atoms with Crippen molar-refractivity contribution in [1.29, 1.82) is 0 Å². The molecule has 1 aliphatic heterocycles. The van der Waals surface area contributed by atoms with Gasteiger partial charge in [-0.05, 0) is 51.7 Å². The molecule has 1 heterocycles. The van der Waals surface area contributed by atoms with Gasteiger partial charge in [-0.25, -0.2) is 0 Å². The zero-order valence-corrected chi connectivity index (χ0v) is 12.0. The second-order valence-electron chi connectivity index (χ2n) is 5.29. The molecule has 1 aliphatic rings. The summed E-state index contributed by atoms with van der Waals surface area (Å²) in [5, 5.41) is 3.73. The van der Waals surface area contributed by atoms with E-state index in [0.29, 0.717) is 12.1 Å². The number of nitrogens with zero attached hydrogens (tertiary/aromatic N) is 1. The van der Waals surface area contributed by atoms with E-state index < -0.39 is 0 Å². The molecule has 0 bridgehead atoms. The van der Waals surface area contributed by atoms with Gasteiger partial charge in [-0.15, -0.1) is 0 Å². The van der Waals surface area contributed by atoms with Gasteiger partial charge in [-0.2, -0.15) is 0 Å². The third kappa shape index (κ3) is 4.94. The lowest BCUT2D eigenvalue weighted by atomic mass is 9.90. The number of likely N-dealkylation sites (tertiary alicyclic amines) is 1. The summed E-state index contributed by atoms with van der Waals surface area (Å²) >= 11 is 0. The maximum Gasteiger partial charge on any atom is 0.0615 e. The highest BCUT2D eigenvalue weighted by Gasteiger charge is 2.24. The van der Waals surface area contributed by atoms with Crippen LogP contribution in [0.2, 0.25) is 0 Å². The largest absolute Gasteiger partial charge is 0.383 e. The first kappa shape index (κ1) is 14.9. The van der Waals surface area contributed by atoms with Crippen molar-refractivity contribution in [1.82, 2.24) is 10.2 Å². The first-order chi connectivity index (χ1) is 8.21. The molecule has 2 unspecified atom stereocenters. The summed E-state index contributed by atoms with van der Waals surface area (Å²) in [4.78, 5) is 2.55. The molecule has 3 nitrogen and oxygen atoms in total. The zero-order chi connectivity index (χ0) is 12.7. The Morgan fingerprint density at radius 1 is 1.29 bits per heavy atom. The number of hydrogen-bond acceptors (Lipinski definition) is 3. The van der Waals surface area contributed by atoms with Crippen molar-refractivity contribution in [2.45, 2.75) is 52.1 Å². The van der Waals surface area contributed by atoms with E-state index in [1.807, 2.05) is 0 Å². The maximum absolute atomic E-state index is 5.25. The molecular weight excluding hydrogens is 212 g/mol. The topological polar surface area (TPSA) is 24.5 Å². The van der Waals surface area contributed by atoms with E-state index >= 15 is 0 Å². The van der Waals surface area contributed by atoms with Crippen LogP contribution in [0.5, 0.6) is 0 Å². The highest BCUT2D eigenvalue weighted by atomic mass is 16.5. The fraction of sp³-hybridized carbons (Fsp3) is 1.00. The standard InChI is InChI=1S/C14H30N2O/c1-5-14(11-17-4)15-12(3)13-7-9-16(6-2)10-8-13/h12-15H,5-11H2,1-4H3. The molecule has 0 saturated carbocycles. The van der Waals surface area contributed by atoms with E-state index in [2.05, 4.69) is 31.0 Å². The SMILES string of the molecule is CCC(COC)NC(C)C1CCN(CC)CC1. The average molecular weight is 242 g/mol. The van der Waals surface area contributed by atoms with Crippen LogP contribution in [0.1, 0.15) is 40.0 Å². The molecule has 1 saturated heterocycles. The maximum atomic E-state index is 5.25. The molecule has 0 aliphatic carbocycles. The molecule has 0 radical (unpaired) electrons. The van der Waals surface area contributed by atoms with Crippen molar-refractivity contribution in [3.05, 3.63) is 0 Å². The Bertz CT molecular complexity index is 191. The quantitative estimate of drug-likeness (QED) is 0.740. The first-order valence-electron chi connectivity index (χ1n) is 7.18. The molecule has 0 amide bonds. The minimum absolute atomic E-state index is 0.513. The van der Waals surface area contributed by atoms with Crippen LogP contribution in [0.3, 0.4) is 0 Å². The van der Waals surface area contributed by atoms with Gasteiger partial charge in [0.2, 0.25) is 0 Å². The van der Waals surface area contributed by atoms with Gasteiger partial charge >= 0.3 is 0 Å². The number of piperidine rings is 1. The van der Waals surface area contributed by atoms with Gasteiger partial charge in [-0.3, -0.25) is 0 Å². The molecule has 3 heteroatoms. The fourth-order valence-corrected chi connectivity index (χ4v) is 2.76. The van der Waals surface area contributed by atoms with Crippen LogP contribution < -0.4 is 5.32 Å². The van der Waals surface area contributed by atoms with Gasteiger partial charge in [0, 0.05) is 19.2 Å². The Balaban J connectivity index is 2.30. The first-order valence-corrected chi connectivity index (χ1v) is 7.18. The number of hydrogen-bond donors (Lipinski definition) is 1. The predicted octanol–water partition coefficient (Wildman–Crippen LogP) is 2.12. The third-order valence-electron chi connectivity index (χ3n) is 4.15. The summed E-state index contributed by atoms with van der Waals surface area (Å²) in [6, 6.07) is 1.13. The van der Waals surface area contributed by atoms with Gasteiger partial charge in [-0.1, -0.05) is 13.8 Å². The second-order valence-corrected chi connectivity index (χ2v) is 5.29. The molecule has 1 rings (SSSR count). The summed E-state index contributed by atoms with van der Waals surface area (Å²) < 4.78 is 5.25. The van der Waals surface area contributed by atoms with Crippen molar-refractivity contribution >= 4 is 0 Å². The molecule has 0 aromatic heterocycles. The van der Waals surface area contributed by atoms with E-state index in [1.54, 1.807) is 7.11 Å². The van der Waals surface area contributed by atoms with Crippen LogP contribution in [-0.4, -0.2) is 50.3 Å². The van der Waals surface area contributed by atoms with E-state index in [9.17, 15) is 0 Å². The Labute approximate surface area is 107 Å². The van der Waals surface area contributed by atoms with Crippen molar-refractivity contribution in [2.75, 3.05) is 33.4 Å². The van der Waals surface area contributed by atoms with Crippen molar-refractivity contribution < 1.29 is 4.74 Å². The molecule has 1 fully saturated rings. The molecule has 0 aromatic rings. The van der Waals surface area contributed by atoms with Crippen molar-refractivity contribution in [3.8, 4) is 0 Å². The monoisotopic (exact) mass is 242 g/mol. The lowest BCUT2D eigenvalue weighted by molar-refractivity contribution is 0.133. The number of ether oxygens (including phenoxy) is 1. The normalized spacial score (nSPS) is 22.6. The summed E-state index contributed by atoms with van der Waals surface area (Å²) in [5.74, 6) is 0.837. The Morgan fingerprint density at radius 2 is 1.94 bits per heavy atom. The van der Waals surface area contributed by atoms with Crippen LogP contribution in [-0.2, 0) is 4.74 Å². The Morgan fingerprint density at radius 3 is 2.41 bits per heavy atom. The van der Waals surface area contributed by atoms with Gasteiger partial charge in [0.05, 0.1) is 6.61 Å². The smallest absolute Gasteiger partial charge is 0.0615 e. The summed E-state index contributed by atoms with van der Waals surface area (Å²) in [5.41, 5.74) is 0. The Hall–Kier alpha value is -0.120. The van der Waals surface area contributed by atoms with E-state index in [-0.39, 0.29) is 0 Å². The van der Waals surface area contributed by atoms with Gasteiger partial charge in [0.15, 0.2) is 0 Å². The van der Waals surface area contributed by atoms with E-state index in [4.69, 9.17) is 4.74 Å². The zero-order valence-electron chi connectivity index (χ0n) is 12.0. The second kappa shape index (κ2) is 8.06. The average Bonchev–Trinajstić information content (AvgIpc) is 2.38. The molecule has 0 spiro atoms. The van der Waals surface area contributed by atoms with Crippen molar-refractivity contribution in [2.24, 2.45) is 5.92 Å². The van der Waals surface area contributed by atoms with Crippen LogP contribution in [0.4, 0.5) is 0 Å². The van der Waals surface area contributed by atoms with Crippen molar-refractivity contribution in [3.63, 3.8) is 0 Å². The third-order valence-corrected chi connectivity index (χ3v) is 4.15. The highest BCUT2D eigenvalue weighted by Crippen LogP contribution is 2.20. The lowest BCUT2D eigenvalue weighted by Gasteiger charge is -2.36. The van der Waals surface area contributed by atoms with Crippen LogP contribution >= 0.6 is 0 Å². The minimum Gasteiger partial charge on any atom is -0.383 e. The van der Waals surface area contributed by atoms with Gasteiger partial charge in [0.1, 0.15) is 0 Å². The molecule has 17 heavy (non-hydrogen) atoms. The minimum atomic E-state index is 0.513. The molecule has 2 atom stereocenters.